The normalized spacial score (nSPS) is 12.6. The molecule has 0 saturated heterocycles. The van der Waals surface area contributed by atoms with Gasteiger partial charge in [0.25, 0.3) is 0 Å². The maximum absolute atomic E-state index is 12.3. The highest BCUT2D eigenvalue weighted by atomic mass is 35.5. The third-order valence-electron chi connectivity index (χ3n) is 3.34. The molecule has 1 aromatic carbocycles. The molecule has 2 nitrogen and oxygen atoms in total. The van der Waals surface area contributed by atoms with Gasteiger partial charge in [-0.3, -0.25) is 4.79 Å². The molecular formula is C16H20ClNOS. The van der Waals surface area contributed by atoms with Gasteiger partial charge in [0.15, 0.2) is 0 Å². The molecule has 1 N–H and O–H groups in total. The van der Waals surface area contributed by atoms with Gasteiger partial charge < -0.3 is 5.32 Å². The molecular weight excluding hydrogens is 290 g/mol. The minimum atomic E-state index is -0.536. The molecule has 0 aliphatic rings. The third-order valence-corrected chi connectivity index (χ3v) is 4.71. The lowest BCUT2D eigenvalue weighted by molar-refractivity contribution is -0.121. The largest absolute Gasteiger partial charge is 0.339 e. The minimum absolute atomic E-state index is 0.0356. The lowest BCUT2D eigenvalue weighted by atomic mass is 9.94. The number of halogens is 1. The van der Waals surface area contributed by atoms with Crippen LogP contribution in [0, 0.1) is 12.3 Å². The van der Waals surface area contributed by atoms with Crippen molar-refractivity contribution in [3.05, 3.63) is 29.3 Å². The molecule has 4 heteroatoms. The smallest absolute Gasteiger partial charge is 0.234 e. The van der Waals surface area contributed by atoms with Crippen LogP contribution in [0.2, 0.25) is 5.02 Å². The molecule has 0 bridgehead atoms. The molecule has 1 atom stereocenters. The Bertz CT molecular complexity index is 488. The first-order valence-corrected chi connectivity index (χ1v) is 7.94. The summed E-state index contributed by atoms with van der Waals surface area (Å²) in [5, 5.41) is 3.47. The fourth-order valence-corrected chi connectivity index (χ4v) is 2.77. The molecule has 0 aromatic heterocycles. The van der Waals surface area contributed by atoms with E-state index >= 15 is 0 Å². The van der Waals surface area contributed by atoms with Crippen molar-refractivity contribution in [2.45, 2.75) is 49.3 Å². The molecule has 0 radical (unpaired) electrons. The second-order valence-corrected chi connectivity index (χ2v) is 6.49. The van der Waals surface area contributed by atoms with Crippen molar-refractivity contribution in [1.29, 1.82) is 0 Å². The molecule has 0 saturated carbocycles. The Hall–Kier alpha value is -1.11. The van der Waals surface area contributed by atoms with Gasteiger partial charge in [-0.2, -0.15) is 0 Å². The number of amides is 1. The Balaban J connectivity index is 2.68. The third kappa shape index (κ3) is 4.47. The van der Waals surface area contributed by atoms with Crippen LogP contribution in [0.15, 0.2) is 29.2 Å². The van der Waals surface area contributed by atoms with Gasteiger partial charge >= 0.3 is 0 Å². The van der Waals surface area contributed by atoms with Crippen molar-refractivity contribution < 1.29 is 4.79 Å². The van der Waals surface area contributed by atoms with E-state index in [0.29, 0.717) is 5.02 Å². The summed E-state index contributed by atoms with van der Waals surface area (Å²) in [6.07, 6.45) is 7.01. The lowest BCUT2D eigenvalue weighted by Crippen LogP contribution is -2.49. The van der Waals surface area contributed by atoms with Gasteiger partial charge in [0, 0.05) is 9.92 Å². The summed E-state index contributed by atoms with van der Waals surface area (Å²) in [5.41, 5.74) is -0.536. The van der Waals surface area contributed by atoms with Gasteiger partial charge in [-0.25, -0.2) is 0 Å². The number of benzene rings is 1. The van der Waals surface area contributed by atoms with Gasteiger partial charge in [-0.05, 0) is 44.0 Å². The highest BCUT2D eigenvalue weighted by Gasteiger charge is 2.27. The molecule has 0 aliphatic carbocycles. The Labute approximate surface area is 130 Å². The maximum Gasteiger partial charge on any atom is 0.234 e. The topological polar surface area (TPSA) is 29.1 Å². The number of hydrogen-bond acceptors (Lipinski definition) is 2. The van der Waals surface area contributed by atoms with Crippen LogP contribution in [0.3, 0.4) is 0 Å². The van der Waals surface area contributed by atoms with Gasteiger partial charge in [0.1, 0.15) is 5.54 Å². The van der Waals surface area contributed by atoms with E-state index < -0.39 is 5.54 Å². The average molecular weight is 310 g/mol. The summed E-state index contributed by atoms with van der Waals surface area (Å²) in [4.78, 5) is 13.3. The monoisotopic (exact) mass is 309 g/mol. The van der Waals surface area contributed by atoms with Crippen LogP contribution in [0.1, 0.15) is 33.6 Å². The lowest BCUT2D eigenvalue weighted by Gasteiger charge is -2.28. The molecule has 0 aliphatic heterocycles. The first-order valence-electron chi connectivity index (χ1n) is 6.68. The van der Waals surface area contributed by atoms with E-state index in [0.717, 1.165) is 17.7 Å². The molecule has 0 spiro atoms. The SMILES string of the molecule is C#CC(CC)(CC)NC(=O)C(C)Sc1ccc(Cl)cc1. The molecule has 1 amide bonds. The molecule has 1 aromatic rings. The maximum atomic E-state index is 12.3. The fourth-order valence-electron chi connectivity index (χ4n) is 1.78. The number of terminal acetylenes is 1. The van der Waals surface area contributed by atoms with Crippen LogP contribution < -0.4 is 5.32 Å². The number of hydrogen-bond donors (Lipinski definition) is 1. The fraction of sp³-hybridized carbons (Fsp3) is 0.438. The average Bonchev–Trinajstić information content (AvgIpc) is 2.47. The highest BCUT2D eigenvalue weighted by molar-refractivity contribution is 8.00. The number of carbonyl (C=O) groups is 1. The number of nitrogens with one attached hydrogen (secondary N) is 1. The van der Waals surface area contributed by atoms with Gasteiger partial charge in [-0.15, -0.1) is 18.2 Å². The summed E-state index contributed by atoms with van der Waals surface area (Å²) in [6, 6.07) is 7.45. The second kappa shape index (κ2) is 7.61. The van der Waals surface area contributed by atoms with Crippen molar-refractivity contribution in [2.75, 3.05) is 0 Å². The summed E-state index contributed by atoms with van der Waals surface area (Å²) in [5.74, 6) is 2.68. The summed E-state index contributed by atoms with van der Waals surface area (Å²) < 4.78 is 0. The zero-order valence-electron chi connectivity index (χ0n) is 12.1. The highest BCUT2D eigenvalue weighted by Crippen LogP contribution is 2.25. The predicted molar refractivity (Wildman–Crippen MR) is 87.1 cm³/mol. The van der Waals surface area contributed by atoms with E-state index in [2.05, 4.69) is 11.2 Å². The number of thioether (sulfide) groups is 1. The Morgan fingerprint density at radius 3 is 2.40 bits per heavy atom. The number of rotatable bonds is 6. The molecule has 1 rings (SSSR count). The summed E-state index contributed by atoms with van der Waals surface area (Å²) in [7, 11) is 0. The predicted octanol–water partition coefficient (Wildman–Crippen LogP) is 4.13. The zero-order valence-corrected chi connectivity index (χ0v) is 13.6. The molecule has 1 unspecified atom stereocenters. The van der Waals surface area contributed by atoms with E-state index in [1.165, 1.54) is 11.8 Å². The van der Waals surface area contributed by atoms with E-state index in [9.17, 15) is 4.79 Å². The Morgan fingerprint density at radius 2 is 1.95 bits per heavy atom. The molecule has 0 fully saturated rings. The van der Waals surface area contributed by atoms with Gasteiger partial charge in [0.05, 0.1) is 5.25 Å². The zero-order chi connectivity index (χ0) is 15.2. The van der Waals surface area contributed by atoms with Crippen LogP contribution in [0.4, 0.5) is 0 Å². The molecule has 20 heavy (non-hydrogen) atoms. The standard InChI is InChI=1S/C16H20ClNOS/c1-5-16(6-2,7-3)18-15(19)12(4)20-14-10-8-13(17)9-11-14/h1,8-12H,6-7H2,2-4H3,(H,18,19). The van der Waals surface area contributed by atoms with Crippen molar-refractivity contribution in [1.82, 2.24) is 5.32 Å². The van der Waals surface area contributed by atoms with E-state index in [1.807, 2.05) is 45.0 Å². The molecule has 0 heterocycles. The minimum Gasteiger partial charge on any atom is -0.339 e. The van der Waals surface area contributed by atoms with E-state index in [-0.39, 0.29) is 11.2 Å². The van der Waals surface area contributed by atoms with Gasteiger partial charge in [0.2, 0.25) is 5.91 Å². The first kappa shape index (κ1) is 16.9. The molecule has 108 valence electrons. The van der Waals surface area contributed by atoms with Crippen molar-refractivity contribution in [3.63, 3.8) is 0 Å². The first-order chi connectivity index (χ1) is 9.46. The summed E-state index contributed by atoms with van der Waals surface area (Å²) in [6.45, 7) is 5.85. The second-order valence-electron chi connectivity index (χ2n) is 4.64. The van der Waals surface area contributed by atoms with Crippen molar-refractivity contribution in [2.24, 2.45) is 0 Å². The van der Waals surface area contributed by atoms with Crippen molar-refractivity contribution in [3.8, 4) is 12.3 Å². The Kier molecular flexibility index (Phi) is 6.45. The Morgan fingerprint density at radius 1 is 1.40 bits per heavy atom. The van der Waals surface area contributed by atoms with Crippen LogP contribution >= 0.6 is 23.4 Å². The van der Waals surface area contributed by atoms with E-state index in [1.54, 1.807) is 0 Å². The van der Waals surface area contributed by atoms with Crippen LogP contribution in [0.25, 0.3) is 0 Å². The van der Waals surface area contributed by atoms with Crippen LogP contribution in [-0.2, 0) is 4.79 Å². The van der Waals surface area contributed by atoms with Crippen LogP contribution in [0.5, 0.6) is 0 Å². The van der Waals surface area contributed by atoms with Crippen LogP contribution in [-0.4, -0.2) is 16.7 Å². The quantitative estimate of drug-likeness (QED) is 0.632. The van der Waals surface area contributed by atoms with E-state index in [4.69, 9.17) is 18.0 Å². The number of carbonyl (C=O) groups excluding carboxylic acids is 1. The summed E-state index contributed by atoms with van der Waals surface area (Å²) >= 11 is 7.34. The van der Waals surface area contributed by atoms with Crippen molar-refractivity contribution >= 4 is 29.3 Å². The van der Waals surface area contributed by atoms with Gasteiger partial charge in [-0.1, -0.05) is 31.4 Å².